The summed E-state index contributed by atoms with van der Waals surface area (Å²) in [6, 6.07) is 14.5. The highest BCUT2D eigenvalue weighted by molar-refractivity contribution is 7.99. The lowest BCUT2D eigenvalue weighted by atomic mass is 10.1. The standard InChI is InChI=1S/C44H37ClN10O17S7.O3S/c1-21-12-31(51-53-38-23(3)28(20-46)42-47-39-33(55(42)43(38)56)15-25(45)16-37(39)79(69,70)71)34(72-8-4-10-75(57,58)59)18-29(21)49-52-32-13-22(2)30(19-35(32)73-9-5-11-76(60,61)62)50-54-44-48-40-36(78(66,67)68)14-24-6-7-26(77(63,64)65)17-27(24)41(40)74-44;1-4(2)3/h6-7,12-19,56H,4-5,8-11H2,1-3H3,(H,57,58,59)(H,60,61,62)(H,63,64,65)(H,66,67,68)(H,69,70,71);. The molecule has 0 aliphatic heterocycles. The second-order valence-electron chi connectivity index (χ2n) is 17.2. The van der Waals surface area contributed by atoms with Gasteiger partial charge in [0.2, 0.25) is 11.0 Å². The minimum atomic E-state index is -4.91. The summed E-state index contributed by atoms with van der Waals surface area (Å²) in [7, 11) is -26.3. The van der Waals surface area contributed by atoms with E-state index in [9.17, 15) is 75.2 Å². The molecule has 0 atom stereocenters. The van der Waals surface area contributed by atoms with Gasteiger partial charge < -0.3 is 9.84 Å². The SMILES string of the molecule is Cc1cc(N=Nc2cc(OCCCS(=O)(=O)O)c(N=Nc3c(C)c(C#N)c4nc5c(S(=O)(=O)O)cc(Cl)cc5n4c3O)cc2C)c(SCCCS(=O)(=O)O)cc1N=Nc1nc2c(S(=O)(=O)O)cc3ccc(S(=O)(=O)O)cc3c2s1.O=S(=O)=O. The average molecular weight is 1320 g/mol. The lowest BCUT2D eigenvalue weighted by molar-refractivity contribution is 0.317. The largest absolute Gasteiger partial charge is 0.493 e. The number of pyridine rings is 1. The minimum absolute atomic E-state index is 0.0154. The molecule has 3 aromatic heterocycles. The topological polar surface area (TPSA) is 481 Å². The zero-order valence-electron chi connectivity index (χ0n) is 42.0. The number of nitrogens with zero attached hydrogens (tertiary/aromatic N) is 10. The molecule has 8 rings (SSSR count). The molecular formula is C44H37ClN10O20S8. The first-order valence-corrected chi connectivity index (χ1v) is 33.3. The second-order valence-corrected chi connectivity index (χ2v) is 27.5. The Kier molecular flexibility index (Phi) is 18.8. The van der Waals surface area contributed by atoms with Gasteiger partial charge in [-0.3, -0.25) is 27.2 Å². The third-order valence-corrected chi connectivity index (χ3v) is 17.9. The Morgan fingerprint density at radius 1 is 0.699 bits per heavy atom. The summed E-state index contributed by atoms with van der Waals surface area (Å²) in [5.74, 6) is -1.89. The molecule has 8 aromatic rings. The predicted molar refractivity (Wildman–Crippen MR) is 298 cm³/mol. The van der Waals surface area contributed by atoms with E-state index < -0.39 is 93.3 Å². The maximum absolute atomic E-state index is 12.5. The maximum atomic E-state index is 12.5. The number of ether oxygens (including phenoxy) is 1. The molecule has 6 N–H and O–H groups in total. The van der Waals surface area contributed by atoms with Crippen LogP contribution in [0, 0.1) is 32.1 Å². The van der Waals surface area contributed by atoms with Crippen molar-refractivity contribution in [3.8, 4) is 17.7 Å². The molecule has 0 saturated heterocycles. The molecule has 0 amide bonds. The maximum Gasteiger partial charge on any atom is 0.425 e. The number of imidazole rings is 1. The molecule has 3 heterocycles. The van der Waals surface area contributed by atoms with Gasteiger partial charge in [-0.1, -0.05) is 29.0 Å². The molecule has 0 saturated carbocycles. The summed E-state index contributed by atoms with van der Waals surface area (Å²) in [5.41, 5.74) is -0.0230. The molecule has 0 radical (unpaired) electrons. The van der Waals surface area contributed by atoms with E-state index in [1.54, 1.807) is 19.9 Å². The Labute approximate surface area is 484 Å². The normalized spacial score (nSPS) is 12.8. The number of aromatic nitrogens is 3. The van der Waals surface area contributed by atoms with Crippen molar-refractivity contribution in [2.45, 2.75) is 53.2 Å². The molecule has 0 aliphatic carbocycles. The fourth-order valence-corrected chi connectivity index (χ4v) is 13.0. The average Bonchev–Trinajstić information content (AvgIpc) is 3.70. The second kappa shape index (κ2) is 24.6. The van der Waals surface area contributed by atoms with Crippen molar-refractivity contribution < 1.29 is 87.3 Å². The Morgan fingerprint density at radius 2 is 1.28 bits per heavy atom. The van der Waals surface area contributed by atoms with Gasteiger partial charge >= 0.3 is 10.6 Å². The smallest absolute Gasteiger partial charge is 0.425 e. The summed E-state index contributed by atoms with van der Waals surface area (Å²) in [6.07, 6.45) is -0.219. The molecule has 0 fully saturated rings. The van der Waals surface area contributed by atoms with Crippen molar-refractivity contribution in [2.75, 3.05) is 23.9 Å². The van der Waals surface area contributed by atoms with E-state index in [4.69, 9.17) is 29.0 Å². The molecule has 438 valence electrons. The number of benzene rings is 5. The van der Waals surface area contributed by atoms with Crippen LogP contribution in [0.15, 0.2) is 111 Å². The molecular weight excluding hydrogens is 1280 g/mol. The van der Waals surface area contributed by atoms with E-state index in [2.05, 4.69) is 40.7 Å². The molecule has 0 aliphatic rings. The molecule has 0 bridgehead atoms. The Balaban J connectivity index is 0.00000240. The van der Waals surface area contributed by atoms with Gasteiger partial charge in [0.25, 0.3) is 50.6 Å². The number of hydrogen-bond donors (Lipinski definition) is 6. The van der Waals surface area contributed by atoms with E-state index in [1.807, 2.05) is 6.07 Å². The predicted octanol–water partition coefficient (Wildman–Crippen LogP) is 9.42. The Hall–Kier alpha value is -7.10. The van der Waals surface area contributed by atoms with Gasteiger partial charge in [-0.15, -0.1) is 50.0 Å². The van der Waals surface area contributed by atoms with E-state index in [0.717, 1.165) is 51.8 Å². The fraction of sp³-hybridized carbons (Fsp3) is 0.205. The van der Waals surface area contributed by atoms with Crippen LogP contribution in [0.3, 0.4) is 0 Å². The van der Waals surface area contributed by atoms with Crippen molar-refractivity contribution in [3.05, 3.63) is 87.9 Å². The third kappa shape index (κ3) is 15.4. The molecule has 39 heteroatoms. The van der Waals surface area contributed by atoms with Crippen molar-refractivity contribution in [2.24, 2.45) is 30.7 Å². The summed E-state index contributed by atoms with van der Waals surface area (Å²) in [6.45, 7) is 4.33. The molecule has 83 heavy (non-hydrogen) atoms. The lowest BCUT2D eigenvalue weighted by Crippen LogP contribution is -2.08. The first-order chi connectivity index (χ1) is 38.5. The monoisotopic (exact) mass is 1320 g/mol. The van der Waals surface area contributed by atoms with E-state index in [1.165, 1.54) is 37.3 Å². The fourth-order valence-electron chi connectivity index (χ4n) is 7.71. The van der Waals surface area contributed by atoms with Crippen LogP contribution >= 0.6 is 34.7 Å². The first-order valence-electron chi connectivity index (χ1n) is 22.6. The van der Waals surface area contributed by atoms with Crippen LogP contribution in [-0.4, -0.2) is 121 Å². The first kappa shape index (κ1) is 63.5. The highest BCUT2D eigenvalue weighted by Gasteiger charge is 2.27. The van der Waals surface area contributed by atoms with E-state index >= 15 is 0 Å². The number of fused-ring (bicyclic) bond motifs is 6. The van der Waals surface area contributed by atoms with Crippen LogP contribution in [0.5, 0.6) is 11.6 Å². The number of thioether (sulfide) groups is 1. The Morgan fingerprint density at radius 3 is 1.89 bits per heavy atom. The van der Waals surface area contributed by atoms with E-state index in [-0.39, 0.29) is 118 Å². The van der Waals surface area contributed by atoms with Crippen LogP contribution in [0.25, 0.3) is 37.7 Å². The van der Waals surface area contributed by atoms with Gasteiger partial charge in [-0.2, -0.15) is 52.5 Å². The molecule has 30 nitrogen and oxygen atoms in total. The van der Waals surface area contributed by atoms with Gasteiger partial charge in [0.15, 0.2) is 11.3 Å². The highest BCUT2D eigenvalue weighted by atomic mass is 35.5. The zero-order valence-corrected chi connectivity index (χ0v) is 49.3. The van der Waals surface area contributed by atoms with Gasteiger partial charge in [-0.05, 0) is 104 Å². The van der Waals surface area contributed by atoms with Crippen molar-refractivity contribution >= 4 is 167 Å². The molecule has 5 aromatic carbocycles. The third-order valence-electron chi connectivity index (χ3n) is 11.4. The number of nitriles is 1. The summed E-state index contributed by atoms with van der Waals surface area (Å²) in [5, 5.41) is 47.8. The molecule has 0 unspecified atom stereocenters. The summed E-state index contributed by atoms with van der Waals surface area (Å²) < 4.78 is 200. The Bertz CT molecular complexity index is 4870. The van der Waals surface area contributed by atoms with Gasteiger partial charge in [0.1, 0.15) is 43.9 Å². The molecule has 0 spiro atoms. The van der Waals surface area contributed by atoms with Crippen LogP contribution in [0.4, 0.5) is 33.6 Å². The zero-order chi connectivity index (χ0) is 61.3. The number of rotatable bonds is 19. The van der Waals surface area contributed by atoms with Gasteiger partial charge in [-0.25, -0.2) is 9.97 Å². The van der Waals surface area contributed by atoms with E-state index in [0.29, 0.717) is 16.0 Å². The van der Waals surface area contributed by atoms with Crippen molar-refractivity contribution in [1.82, 2.24) is 14.4 Å². The number of hydrogen-bond acceptors (Lipinski definition) is 26. The van der Waals surface area contributed by atoms with Crippen LogP contribution in [0.2, 0.25) is 5.02 Å². The van der Waals surface area contributed by atoms with Gasteiger partial charge in [0.05, 0.1) is 50.3 Å². The minimum Gasteiger partial charge on any atom is -0.493 e. The number of thiazole rings is 1. The number of halogens is 1. The quantitative estimate of drug-likeness (QED) is 0.0190. The van der Waals surface area contributed by atoms with Gasteiger partial charge in [0, 0.05) is 26.9 Å². The number of aromatic hydroxyl groups is 1. The van der Waals surface area contributed by atoms with Crippen LogP contribution in [0.1, 0.15) is 35.1 Å². The lowest BCUT2D eigenvalue weighted by Gasteiger charge is -2.12. The summed E-state index contributed by atoms with van der Waals surface area (Å²) in [4.78, 5) is 7.04. The van der Waals surface area contributed by atoms with Crippen LogP contribution in [-0.2, 0) is 61.2 Å². The van der Waals surface area contributed by atoms with Crippen molar-refractivity contribution in [3.63, 3.8) is 0 Å². The highest BCUT2D eigenvalue weighted by Crippen LogP contribution is 2.45. The van der Waals surface area contributed by atoms with Crippen molar-refractivity contribution in [1.29, 1.82) is 5.26 Å². The number of aryl methyl sites for hydroxylation is 2. The van der Waals surface area contributed by atoms with Crippen LogP contribution < -0.4 is 4.74 Å². The number of azo groups is 3. The summed E-state index contributed by atoms with van der Waals surface area (Å²) >= 11 is 8.09.